The third kappa shape index (κ3) is 4.31. The topological polar surface area (TPSA) is 40.5 Å². The second-order valence-corrected chi connectivity index (χ2v) is 4.65. The van der Waals surface area contributed by atoms with Crippen molar-refractivity contribution in [1.29, 1.82) is 0 Å². The first-order valence-electron chi connectivity index (χ1n) is 6.30. The maximum absolute atomic E-state index is 10.7. The predicted octanol–water partition coefficient (Wildman–Crippen LogP) is 2.84. The standard InChI is InChI=1S/C14H19NO2.ClH/c16-14(17)13-7-5-12(6-8-13)4-3-11-15-9-1-2-10-15;/h5-8H,1-4,9-11H2,(H,16,17);1H. The molecular weight excluding hydrogens is 250 g/mol. The van der Waals surface area contributed by atoms with Gasteiger partial charge < -0.3 is 10.0 Å². The Kier molecular flexibility index (Phi) is 6.16. The molecule has 1 fully saturated rings. The van der Waals surface area contributed by atoms with Crippen LogP contribution in [0.2, 0.25) is 0 Å². The lowest BCUT2D eigenvalue weighted by atomic mass is 10.1. The van der Waals surface area contributed by atoms with E-state index < -0.39 is 5.97 Å². The number of aryl methyl sites for hydroxylation is 1. The Morgan fingerprint density at radius 3 is 2.33 bits per heavy atom. The smallest absolute Gasteiger partial charge is 0.335 e. The fraction of sp³-hybridized carbons (Fsp3) is 0.500. The first-order chi connectivity index (χ1) is 8.25. The molecule has 100 valence electrons. The second kappa shape index (κ2) is 7.39. The van der Waals surface area contributed by atoms with Crippen LogP contribution in [-0.4, -0.2) is 35.6 Å². The largest absolute Gasteiger partial charge is 0.478 e. The molecule has 0 bridgehead atoms. The Labute approximate surface area is 114 Å². The molecular formula is C14H20ClNO2. The van der Waals surface area contributed by atoms with Gasteiger partial charge in [0.15, 0.2) is 0 Å². The molecule has 0 aromatic heterocycles. The highest BCUT2D eigenvalue weighted by atomic mass is 35.5. The quantitative estimate of drug-likeness (QED) is 0.894. The third-order valence-corrected chi connectivity index (χ3v) is 3.34. The van der Waals surface area contributed by atoms with Crippen LogP contribution >= 0.6 is 12.4 Å². The monoisotopic (exact) mass is 269 g/mol. The van der Waals surface area contributed by atoms with Crippen LogP contribution in [0.25, 0.3) is 0 Å². The second-order valence-electron chi connectivity index (χ2n) is 4.65. The van der Waals surface area contributed by atoms with Crippen LogP contribution in [0, 0.1) is 0 Å². The van der Waals surface area contributed by atoms with E-state index in [1.807, 2.05) is 12.1 Å². The summed E-state index contributed by atoms with van der Waals surface area (Å²) in [6, 6.07) is 7.22. The summed E-state index contributed by atoms with van der Waals surface area (Å²) in [5.74, 6) is -0.853. The highest BCUT2D eigenvalue weighted by Crippen LogP contribution is 2.10. The van der Waals surface area contributed by atoms with Gasteiger partial charge in [0.05, 0.1) is 5.56 Å². The summed E-state index contributed by atoms with van der Waals surface area (Å²) in [7, 11) is 0. The van der Waals surface area contributed by atoms with Crippen molar-refractivity contribution in [3.8, 4) is 0 Å². The zero-order valence-corrected chi connectivity index (χ0v) is 11.3. The van der Waals surface area contributed by atoms with Crippen LogP contribution in [0.1, 0.15) is 35.2 Å². The lowest BCUT2D eigenvalue weighted by molar-refractivity contribution is 0.0697. The summed E-state index contributed by atoms with van der Waals surface area (Å²) in [5.41, 5.74) is 1.60. The normalized spacial score (nSPS) is 15.3. The van der Waals surface area contributed by atoms with Crippen LogP contribution in [-0.2, 0) is 6.42 Å². The minimum absolute atomic E-state index is 0. The molecule has 3 nitrogen and oxygen atoms in total. The molecule has 1 N–H and O–H groups in total. The van der Waals surface area contributed by atoms with Gasteiger partial charge in [-0.15, -0.1) is 12.4 Å². The van der Waals surface area contributed by atoms with Gasteiger partial charge in [0.2, 0.25) is 0 Å². The van der Waals surface area contributed by atoms with Gasteiger partial charge in [-0.1, -0.05) is 12.1 Å². The zero-order chi connectivity index (χ0) is 12.1. The van der Waals surface area contributed by atoms with E-state index >= 15 is 0 Å². The van der Waals surface area contributed by atoms with Crippen molar-refractivity contribution < 1.29 is 9.90 Å². The van der Waals surface area contributed by atoms with E-state index in [9.17, 15) is 4.79 Å². The first kappa shape index (κ1) is 15.0. The van der Waals surface area contributed by atoms with E-state index in [1.165, 1.54) is 38.0 Å². The van der Waals surface area contributed by atoms with E-state index in [-0.39, 0.29) is 12.4 Å². The molecule has 2 rings (SSSR count). The van der Waals surface area contributed by atoms with E-state index in [2.05, 4.69) is 4.90 Å². The van der Waals surface area contributed by atoms with Crippen molar-refractivity contribution in [1.82, 2.24) is 4.90 Å². The molecule has 0 amide bonds. The Bertz CT molecular complexity index is 372. The fourth-order valence-electron chi connectivity index (χ4n) is 2.33. The van der Waals surface area contributed by atoms with Crippen LogP contribution in [0.5, 0.6) is 0 Å². The lowest BCUT2D eigenvalue weighted by Crippen LogP contribution is -2.20. The Hall–Kier alpha value is -1.06. The third-order valence-electron chi connectivity index (χ3n) is 3.34. The van der Waals surface area contributed by atoms with Gasteiger partial charge in [-0.05, 0) is 63.0 Å². The summed E-state index contributed by atoms with van der Waals surface area (Å²) in [6.45, 7) is 3.66. The number of carbonyl (C=O) groups is 1. The maximum Gasteiger partial charge on any atom is 0.335 e. The molecule has 1 saturated heterocycles. The van der Waals surface area contributed by atoms with Crippen LogP contribution in [0.3, 0.4) is 0 Å². The molecule has 0 atom stereocenters. The minimum Gasteiger partial charge on any atom is -0.478 e. The van der Waals surface area contributed by atoms with E-state index in [0.29, 0.717) is 5.56 Å². The molecule has 0 radical (unpaired) electrons. The van der Waals surface area contributed by atoms with Crippen molar-refractivity contribution in [3.05, 3.63) is 35.4 Å². The summed E-state index contributed by atoms with van der Waals surface area (Å²) in [5, 5.41) is 8.79. The molecule has 1 aromatic carbocycles. The molecule has 1 aliphatic rings. The van der Waals surface area contributed by atoms with Crippen molar-refractivity contribution in [2.75, 3.05) is 19.6 Å². The van der Waals surface area contributed by atoms with Crippen LogP contribution < -0.4 is 0 Å². The number of hydrogen-bond acceptors (Lipinski definition) is 2. The zero-order valence-electron chi connectivity index (χ0n) is 10.5. The highest BCUT2D eigenvalue weighted by Gasteiger charge is 2.10. The molecule has 0 saturated carbocycles. The maximum atomic E-state index is 10.7. The number of likely N-dealkylation sites (tertiary alicyclic amines) is 1. The Morgan fingerprint density at radius 1 is 1.17 bits per heavy atom. The van der Waals surface area contributed by atoms with Gasteiger partial charge in [0.25, 0.3) is 0 Å². The lowest BCUT2D eigenvalue weighted by Gasteiger charge is -2.13. The van der Waals surface area contributed by atoms with E-state index in [0.717, 1.165) is 12.8 Å². The molecule has 4 heteroatoms. The Balaban J connectivity index is 0.00000162. The SMILES string of the molecule is Cl.O=C(O)c1ccc(CCCN2CCCC2)cc1. The van der Waals surface area contributed by atoms with Crippen molar-refractivity contribution in [2.45, 2.75) is 25.7 Å². The average molecular weight is 270 g/mol. The average Bonchev–Trinajstić information content (AvgIpc) is 2.83. The first-order valence-corrected chi connectivity index (χ1v) is 6.30. The van der Waals surface area contributed by atoms with Gasteiger partial charge in [-0.2, -0.15) is 0 Å². The predicted molar refractivity (Wildman–Crippen MR) is 74.6 cm³/mol. The number of rotatable bonds is 5. The number of aromatic carboxylic acids is 1. The van der Waals surface area contributed by atoms with Crippen LogP contribution in [0.15, 0.2) is 24.3 Å². The van der Waals surface area contributed by atoms with Crippen LogP contribution in [0.4, 0.5) is 0 Å². The van der Waals surface area contributed by atoms with Gasteiger partial charge in [-0.3, -0.25) is 0 Å². The molecule has 1 aromatic rings. The summed E-state index contributed by atoms with van der Waals surface area (Å²) in [6.07, 6.45) is 4.88. The number of hydrogen-bond donors (Lipinski definition) is 1. The van der Waals surface area contributed by atoms with Crippen molar-refractivity contribution in [3.63, 3.8) is 0 Å². The molecule has 0 aliphatic carbocycles. The van der Waals surface area contributed by atoms with Crippen molar-refractivity contribution >= 4 is 18.4 Å². The van der Waals surface area contributed by atoms with Gasteiger partial charge in [-0.25, -0.2) is 4.79 Å². The molecule has 0 unspecified atom stereocenters. The fourth-order valence-corrected chi connectivity index (χ4v) is 2.33. The highest BCUT2D eigenvalue weighted by molar-refractivity contribution is 5.87. The number of carboxylic acids is 1. The number of benzene rings is 1. The van der Waals surface area contributed by atoms with Crippen molar-refractivity contribution in [2.24, 2.45) is 0 Å². The minimum atomic E-state index is -0.853. The molecule has 1 aliphatic heterocycles. The van der Waals surface area contributed by atoms with Gasteiger partial charge in [0.1, 0.15) is 0 Å². The van der Waals surface area contributed by atoms with E-state index in [4.69, 9.17) is 5.11 Å². The molecule has 1 heterocycles. The summed E-state index contributed by atoms with van der Waals surface area (Å²) >= 11 is 0. The number of halogens is 1. The molecule has 0 spiro atoms. The number of carboxylic acid groups (broad SMARTS) is 1. The van der Waals surface area contributed by atoms with Gasteiger partial charge >= 0.3 is 5.97 Å². The molecule has 18 heavy (non-hydrogen) atoms. The van der Waals surface area contributed by atoms with Gasteiger partial charge in [0, 0.05) is 0 Å². The van der Waals surface area contributed by atoms with E-state index in [1.54, 1.807) is 12.1 Å². The summed E-state index contributed by atoms with van der Waals surface area (Å²) < 4.78 is 0. The Morgan fingerprint density at radius 2 is 1.78 bits per heavy atom. The number of nitrogens with zero attached hydrogens (tertiary/aromatic N) is 1. The summed E-state index contributed by atoms with van der Waals surface area (Å²) in [4.78, 5) is 13.2.